The molecule has 0 aliphatic carbocycles. The highest BCUT2D eigenvalue weighted by molar-refractivity contribution is 7.81. The lowest BCUT2D eigenvalue weighted by Gasteiger charge is -2.15. The van der Waals surface area contributed by atoms with Gasteiger partial charge in [-0.15, -0.1) is 0 Å². The molecule has 0 aliphatic heterocycles. The Labute approximate surface area is 261 Å². The quantitative estimate of drug-likeness (QED) is 0.0528. The second-order valence-electron chi connectivity index (χ2n) is 12.3. The van der Waals surface area contributed by atoms with Crippen molar-refractivity contribution in [3.63, 3.8) is 0 Å². The first-order valence-corrected chi connectivity index (χ1v) is 19.2. The van der Waals surface area contributed by atoms with Gasteiger partial charge < -0.3 is 0 Å². The number of carbonyl (C=O) groups is 2. The van der Waals surface area contributed by atoms with Crippen LogP contribution in [0.2, 0.25) is 0 Å². The summed E-state index contributed by atoms with van der Waals surface area (Å²) in [7, 11) is -3.17. The fraction of sp³-hybridized carbons (Fsp3) is 0.943. The molecule has 0 heterocycles. The molecule has 0 fully saturated rings. The molecule has 0 atom stereocenters. The number of ketones is 2. The zero-order valence-electron chi connectivity index (χ0n) is 27.9. The number of rotatable bonds is 34. The number of unbranched alkanes of at least 4 members (excludes halogenated alkanes) is 24. The van der Waals surface area contributed by atoms with Gasteiger partial charge in [0.15, 0.2) is 0 Å². The maximum Gasteiger partial charge on any atom is 0.399 e. The molecule has 0 bridgehead atoms. The maximum atomic E-state index is 12.9. The van der Waals surface area contributed by atoms with Crippen LogP contribution in [0.25, 0.3) is 0 Å². The summed E-state index contributed by atoms with van der Waals surface area (Å²) in [6, 6.07) is 0. The van der Waals surface area contributed by atoms with Gasteiger partial charge in [0.25, 0.3) is 0 Å². The van der Waals surface area contributed by atoms with E-state index in [9.17, 15) is 18.0 Å². The molecule has 0 saturated heterocycles. The van der Waals surface area contributed by atoms with Gasteiger partial charge in [0.05, 0.1) is 13.7 Å². The monoisotopic (exact) mass is 616 g/mol. The highest BCUT2D eigenvalue weighted by Gasteiger charge is 2.28. The van der Waals surface area contributed by atoms with Crippen LogP contribution in [0.15, 0.2) is 0 Å². The van der Waals surface area contributed by atoms with E-state index >= 15 is 0 Å². The van der Waals surface area contributed by atoms with Crippen molar-refractivity contribution in [3.05, 3.63) is 0 Å². The first-order chi connectivity index (χ1) is 20.4. The van der Waals surface area contributed by atoms with Crippen molar-refractivity contribution in [2.45, 2.75) is 194 Å². The van der Waals surface area contributed by atoms with Crippen molar-refractivity contribution in [2.75, 3.05) is 13.7 Å². The third kappa shape index (κ3) is 26.8. The fourth-order valence-corrected chi connectivity index (χ4v) is 5.95. The zero-order chi connectivity index (χ0) is 31.2. The molecule has 42 heavy (non-hydrogen) atoms. The third-order valence-corrected chi connectivity index (χ3v) is 9.25. The Morgan fingerprint density at radius 1 is 0.476 bits per heavy atom. The largest absolute Gasteiger partial charge is 0.399 e. The second kappa shape index (κ2) is 30.2. The molecule has 0 radical (unpaired) electrons. The Morgan fingerprint density at radius 3 is 1.00 bits per heavy atom. The average molecular weight is 617 g/mol. The summed E-state index contributed by atoms with van der Waals surface area (Å²) in [5.41, 5.74) is 0. The van der Waals surface area contributed by atoms with Crippen molar-refractivity contribution in [2.24, 2.45) is 5.92 Å². The lowest BCUT2D eigenvalue weighted by molar-refractivity contribution is -0.134. The van der Waals surface area contributed by atoms with Gasteiger partial charge in [0.1, 0.15) is 17.5 Å². The molecule has 6 nitrogen and oxygen atoms in total. The molecule has 0 spiro atoms. The van der Waals surface area contributed by atoms with E-state index < -0.39 is 22.9 Å². The Hall–Kier alpha value is -0.790. The van der Waals surface area contributed by atoms with Crippen LogP contribution in [-0.2, 0) is 28.4 Å². The topological polar surface area (TPSA) is 86.7 Å². The molecule has 0 aromatic rings. The van der Waals surface area contributed by atoms with Crippen LogP contribution < -0.4 is 0 Å². The molecule has 0 aromatic heterocycles. The van der Waals surface area contributed by atoms with E-state index in [1.165, 1.54) is 128 Å². The summed E-state index contributed by atoms with van der Waals surface area (Å²) in [4.78, 5) is 25.8. The fourth-order valence-electron chi connectivity index (χ4n) is 5.55. The highest BCUT2D eigenvalue weighted by atomic mass is 32.3. The minimum Gasteiger partial charge on any atom is -0.299 e. The van der Waals surface area contributed by atoms with Gasteiger partial charge in [-0.1, -0.05) is 168 Å². The van der Waals surface area contributed by atoms with Crippen molar-refractivity contribution < 1.29 is 26.4 Å². The SMILES string of the molecule is CCCCCCCCCCCCCCCC(=O)C(COS(=O)(=O)OC)C(=O)CCCCCCCCCCCCCCC. The lowest BCUT2D eigenvalue weighted by Crippen LogP contribution is -2.30. The summed E-state index contributed by atoms with van der Waals surface area (Å²) in [5, 5.41) is 0. The van der Waals surface area contributed by atoms with Crippen LogP contribution in [0.4, 0.5) is 0 Å². The lowest BCUT2D eigenvalue weighted by atomic mass is 9.92. The predicted molar refractivity (Wildman–Crippen MR) is 176 cm³/mol. The van der Waals surface area contributed by atoms with E-state index in [4.69, 9.17) is 4.18 Å². The third-order valence-electron chi connectivity index (χ3n) is 8.41. The van der Waals surface area contributed by atoms with Crippen LogP contribution >= 0.6 is 0 Å². The molecule has 0 amide bonds. The number of hydrogen-bond acceptors (Lipinski definition) is 6. The van der Waals surface area contributed by atoms with Gasteiger partial charge in [-0.2, -0.15) is 8.42 Å². The average Bonchev–Trinajstić information content (AvgIpc) is 2.98. The number of carbonyl (C=O) groups excluding carboxylic acids is 2. The van der Waals surface area contributed by atoms with E-state index in [2.05, 4.69) is 18.0 Å². The van der Waals surface area contributed by atoms with Gasteiger partial charge >= 0.3 is 10.4 Å². The maximum absolute atomic E-state index is 12.9. The summed E-state index contributed by atoms with van der Waals surface area (Å²) >= 11 is 0. The zero-order valence-corrected chi connectivity index (χ0v) is 28.8. The first kappa shape index (κ1) is 41.2. The Morgan fingerprint density at radius 2 is 0.738 bits per heavy atom. The molecule has 0 unspecified atom stereocenters. The van der Waals surface area contributed by atoms with Gasteiger partial charge in [0, 0.05) is 12.8 Å². The number of Topliss-reactive ketones (excluding diaryl/α,β-unsaturated/α-hetero) is 2. The van der Waals surface area contributed by atoms with Gasteiger partial charge in [-0.3, -0.25) is 13.8 Å². The molecule has 0 rings (SSSR count). The Bertz CT molecular complexity index is 679. The molecule has 250 valence electrons. The molecular formula is C35H68O6S. The molecule has 0 aromatic carbocycles. The smallest absolute Gasteiger partial charge is 0.299 e. The summed E-state index contributed by atoms with van der Waals surface area (Å²) in [5.74, 6) is -1.43. The number of hydrogen-bond donors (Lipinski definition) is 0. The van der Waals surface area contributed by atoms with E-state index in [0.29, 0.717) is 12.8 Å². The summed E-state index contributed by atoms with van der Waals surface area (Å²) in [6.45, 7) is 4.05. The molecular weight excluding hydrogens is 548 g/mol. The summed E-state index contributed by atoms with van der Waals surface area (Å²) in [6.07, 6.45) is 32.4. The molecule has 0 N–H and O–H groups in total. The molecule has 0 saturated carbocycles. The van der Waals surface area contributed by atoms with Crippen molar-refractivity contribution in [1.82, 2.24) is 0 Å². The predicted octanol–water partition coefficient (Wildman–Crippen LogP) is 10.6. The molecule has 7 heteroatoms. The highest BCUT2D eigenvalue weighted by Crippen LogP contribution is 2.18. The van der Waals surface area contributed by atoms with Crippen LogP contribution in [0, 0.1) is 5.92 Å². The second-order valence-corrected chi connectivity index (χ2v) is 13.7. The van der Waals surface area contributed by atoms with Gasteiger partial charge in [0.2, 0.25) is 0 Å². The van der Waals surface area contributed by atoms with Crippen molar-refractivity contribution in [1.29, 1.82) is 0 Å². The van der Waals surface area contributed by atoms with Crippen molar-refractivity contribution >= 4 is 22.0 Å². The standard InChI is InChI=1S/C35H68O6S/c1-4-6-8-10-12-14-16-18-20-22-24-26-28-30-34(36)33(32-41-42(38,39)40-3)35(37)31-29-27-25-23-21-19-17-15-13-11-9-7-5-2/h33H,4-32H2,1-3H3. The van der Waals surface area contributed by atoms with Crippen LogP contribution in [0.5, 0.6) is 0 Å². The van der Waals surface area contributed by atoms with Crippen molar-refractivity contribution in [3.8, 4) is 0 Å². The van der Waals surface area contributed by atoms with E-state index in [-0.39, 0.29) is 11.6 Å². The van der Waals surface area contributed by atoms with Gasteiger partial charge in [-0.25, -0.2) is 4.18 Å². The Balaban J connectivity index is 4.12. The molecule has 0 aliphatic rings. The van der Waals surface area contributed by atoms with Crippen LogP contribution in [0.1, 0.15) is 194 Å². The van der Waals surface area contributed by atoms with E-state index in [1.54, 1.807) is 0 Å². The minimum atomic E-state index is -4.18. The minimum absolute atomic E-state index is 0.205. The summed E-state index contributed by atoms with van der Waals surface area (Å²) < 4.78 is 32.5. The van der Waals surface area contributed by atoms with Crippen LogP contribution in [-0.4, -0.2) is 33.7 Å². The van der Waals surface area contributed by atoms with E-state index in [1.807, 2.05) is 0 Å². The van der Waals surface area contributed by atoms with E-state index in [0.717, 1.165) is 45.6 Å². The Kier molecular flexibility index (Phi) is 29.7. The van der Waals surface area contributed by atoms with Gasteiger partial charge in [-0.05, 0) is 12.8 Å². The normalized spacial score (nSPS) is 11.9. The van der Waals surface area contributed by atoms with Crippen LogP contribution in [0.3, 0.4) is 0 Å². The first-order valence-electron chi connectivity index (χ1n) is 17.9.